The number of carbonyl (C=O) groups excluding carboxylic acids is 1. The zero-order valence-electron chi connectivity index (χ0n) is 11.8. The van der Waals surface area contributed by atoms with Gasteiger partial charge in [-0.05, 0) is 19.1 Å². The van der Waals surface area contributed by atoms with Crippen molar-refractivity contribution in [1.82, 2.24) is 4.90 Å². The molecule has 0 bridgehead atoms. The lowest BCUT2D eigenvalue weighted by Crippen LogP contribution is -2.32. The quantitative estimate of drug-likeness (QED) is 0.664. The second-order valence-corrected chi connectivity index (χ2v) is 4.30. The van der Waals surface area contributed by atoms with Crippen molar-refractivity contribution in [2.45, 2.75) is 13.3 Å². The predicted octanol–water partition coefficient (Wildman–Crippen LogP) is 1.22. The number of hydrogen-bond acceptors (Lipinski definition) is 4. The lowest BCUT2D eigenvalue weighted by Gasteiger charge is -2.17. The van der Waals surface area contributed by atoms with Crippen LogP contribution in [0.1, 0.15) is 27.9 Å². The third-order valence-electron chi connectivity index (χ3n) is 2.68. The molecule has 0 heterocycles. The number of nitriles is 2. The molecule has 0 spiro atoms. The molecular weight excluding hydrogens is 266 g/mol. The summed E-state index contributed by atoms with van der Waals surface area (Å²) in [7, 11) is 0. The van der Waals surface area contributed by atoms with Crippen LogP contribution in [0, 0.1) is 41.4 Å². The second kappa shape index (κ2) is 8.38. The Morgan fingerprint density at radius 1 is 1.29 bits per heavy atom. The molecule has 1 amide bonds. The average molecular weight is 281 g/mol. The highest BCUT2D eigenvalue weighted by molar-refractivity contribution is 5.97. The summed E-state index contributed by atoms with van der Waals surface area (Å²) < 4.78 is 0. The van der Waals surface area contributed by atoms with Crippen molar-refractivity contribution in [3.8, 4) is 24.0 Å². The lowest BCUT2D eigenvalue weighted by atomic mass is 10.0. The first-order chi connectivity index (χ1) is 10.1. The Balaban J connectivity index is 3.18. The van der Waals surface area contributed by atoms with Crippen molar-refractivity contribution in [2.24, 2.45) is 0 Å². The van der Waals surface area contributed by atoms with Crippen LogP contribution >= 0.6 is 0 Å². The van der Waals surface area contributed by atoms with Gasteiger partial charge in [0.05, 0.1) is 24.3 Å². The number of rotatable bonds is 4. The third kappa shape index (κ3) is 4.66. The first-order valence-electron chi connectivity index (χ1n) is 6.37. The second-order valence-electron chi connectivity index (χ2n) is 4.30. The highest BCUT2D eigenvalue weighted by Crippen LogP contribution is 2.14. The monoisotopic (exact) mass is 281 g/mol. The van der Waals surface area contributed by atoms with Crippen molar-refractivity contribution in [1.29, 1.82) is 10.5 Å². The fourth-order valence-corrected chi connectivity index (χ4v) is 1.70. The average Bonchev–Trinajstić information content (AvgIpc) is 2.48. The van der Waals surface area contributed by atoms with E-state index >= 15 is 0 Å². The van der Waals surface area contributed by atoms with Gasteiger partial charge in [-0.15, -0.1) is 0 Å². The largest absolute Gasteiger partial charge is 0.395 e. The highest BCUT2D eigenvalue weighted by Gasteiger charge is 2.18. The van der Waals surface area contributed by atoms with Gasteiger partial charge in [0.1, 0.15) is 13.1 Å². The first kappa shape index (κ1) is 16.2. The van der Waals surface area contributed by atoms with Gasteiger partial charge in [0, 0.05) is 12.0 Å². The predicted molar refractivity (Wildman–Crippen MR) is 76.9 cm³/mol. The molecule has 0 saturated carbocycles. The van der Waals surface area contributed by atoms with E-state index in [0.717, 1.165) is 5.56 Å². The number of nitrogens with zero attached hydrogens (tertiary/aromatic N) is 3. The van der Waals surface area contributed by atoms with Crippen LogP contribution in [-0.2, 0) is 0 Å². The topological polar surface area (TPSA) is 88.1 Å². The summed E-state index contributed by atoms with van der Waals surface area (Å²) in [6.07, 6.45) is 0.321. The standard InChI is InChI=1S/C16H15N3O2/c1-13-5-6-14(4-2-3-11-20)15(12-13)16(21)19(9-7-17)10-8-18/h5-6,12,20H,3,9-11H2,1H3. The van der Waals surface area contributed by atoms with Crippen molar-refractivity contribution in [2.75, 3.05) is 19.7 Å². The van der Waals surface area contributed by atoms with Gasteiger partial charge < -0.3 is 10.0 Å². The normalized spacial score (nSPS) is 8.95. The third-order valence-corrected chi connectivity index (χ3v) is 2.68. The number of carbonyl (C=O) groups is 1. The van der Waals surface area contributed by atoms with Crippen LogP contribution in [0.15, 0.2) is 18.2 Å². The molecule has 0 aliphatic heterocycles. The van der Waals surface area contributed by atoms with Crippen LogP contribution < -0.4 is 0 Å². The summed E-state index contributed by atoms with van der Waals surface area (Å²) in [4.78, 5) is 13.6. The van der Waals surface area contributed by atoms with Gasteiger partial charge in [-0.3, -0.25) is 4.79 Å². The van der Waals surface area contributed by atoms with Crippen LogP contribution in [0.5, 0.6) is 0 Å². The number of aryl methyl sites for hydroxylation is 1. The number of benzene rings is 1. The minimum Gasteiger partial charge on any atom is -0.395 e. The zero-order chi connectivity index (χ0) is 15.7. The number of aliphatic hydroxyl groups excluding tert-OH is 1. The molecular formula is C16H15N3O2. The van der Waals surface area contributed by atoms with E-state index in [4.69, 9.17) is 15.6 Å². The number of hydrogen-bond donors (Lipinski definition) is 1. The molecule has 0 atom stereocenters. The van der Waals surface area contributed by atoms with Gasteiger partial charge in [0.25, 0.3) is 5.91 Å². The van der Waals surface area contributed by atoms with Gasteiger partial charge in [-0.1, -0.05) is 23.5 Å². The fraction of sp³-hybridized carbons (Fsp3) is 0.312. The van der Waals surface area contributed by atoms with Gasteiger partial charge >= 0.3 is 0 Å². The summed E-state index contributed by atoms with van der Waals surface area (Å²) in [6, 6.07) is 8.99. The van der Waals surface area contributed by atoms with Crippen molar-refractivity contribution in [3.05, 3.63) is 34.9 Å². The maximum absolute atomic E-state index is 12.4. The Morgan fingerprint density at radius 2 is 1.95 bits per heavy atom. The van der Waals surface area contributed by atoms with Gasteiger partial charge in [-0.2, -0.15) is 10.5 Å². The van der Waals surface area contributed by atoms with Crippen molar-refractivity contribution >= 4 is 5.91 Å². The summed E-state index contributed by atoms with van der Waals surface area (Å²) >= 11 is 0. The lowest BCUT2D eigenvalue weighted by molar-refractivity contribution is 0.0794. The molecule has 1 aromatic carbocycles. The molecule has 106 valence electrons. The van der Waals surface area contributed by atoms with Gasteiger partial charge in [0.15, 0.2) is 0 Å². The minimum atomic E-state index is -0.393. The summed E-state index contributed by atoms with van der Waals surface area (Å²) in [5, 5.41) is 26.2. The first-order valence-corrected chi connectivity index (χ1v) is 6.37. The molecule has 0 radical (unpaired) electrons. The van der Waals surface area contributed by atoms with E-state index < -0.39 is 5.91 Å². The maximum atomic E-state index is 12.4. The minimum absolute atomic E-state index is 0.0445. The van der Waals surface area contributed by atoms with E-state index in [1.165, 1.54) is 4.90 Å². The van der Waals surface area contributed by atoms with E-state index in [1.807, 2.05) is 25.1 Å². The van der Waals surface area contributed by atoms with E-state index in [1.54, 1.807) is 12.1 Å². The Labute approximate surface area is 124 Å². The molecule has 5 nitrogen and oxygen atoms in total. The van der Waals surface area contributed by atoms with Crippen molar-refractivity contribution < 1.29 is 9.90 Å². The summed E-state index contributed by atoms with van der Waals surface area (Å²) in [5.74, 6) is 5.21. The summed E-state index contributed by atoms with van der Waals surface area (Å²) in [5.41, 5.74) is 1.78. The molecule has 21 heavy (non-hydrogen) atoms. The molecule has 1 aromatic rings. The van der Waals surface area contributed by atoms with Crippen LogP contribution in [-0.4, -0.2) is 35.6 Å². The Hall–Kier alpha value is -2.81. The van der Waals surface area contributed by atoms with Gasteiger partial charge in [0.2, 0.25) is 0 Å². The molecule has 0 fully saturated rings. The van der Waals surface area contributed by atoms with Gasteiger partial charge in [-0.25, -0.2) is 0 Å². The maximum Gasteiger partial charge on any atom is 0.256 e. The van der Waals surface area contributed by atoms with Crippen LogP contribution in [0.25, 0.3) is 0 Å². The van der Waals surface area contributed by atoms with Crippen LogP contribution in [0.2, 0.25) is 0 Å². The number of aliphatic hydroxyl groups is 1. The van der Waals surface area contributed by atoms with Crippen LogP contribution in [0.4, 0.5) is 0 Å². The zero-order valence-corrected chi connectivity index (χ0v) is 11.8. The Bertz CT molecular complexity index is 641. The van der Waals surface area contributed by atoms with Crippen LogP contribution in [0.3, 0.4) is 0 Å². The molecule has 1 N–H and O–H groups in total. The highest BCUT2D eigenvalue weighted by atomic mass is 16.2. The van der Waals surface area contributed by atoms with E-state index in [0.29, 0.717) is 17.5 Å². The molecule has 0 saturated heterocycles. The SMILES string of the molecule is Cc1ccc(C#CCCO)c(C(=O)N(CC#N)CC#N)c1. The molecule has 0 aromatic heterocycles. The van der Waals surface area contributed by atoms with Crippen molar-refractivity contribution in [3.63, 3.8) is 0 Å². The van der Waals surface area contributed by atoms with E-state index in [-0.39, 0.29) is 19.7 Å². The summed E-state index contributed by atoms with van der Waals surface area (Å²) in [6.45, 7) is 1.51. The Kier molecular flexibility index (Phi) is 6.48. The van der Waals surface area contributed by atoms with E-state index in [9.17, 15) is 4.79 Å². The molecule has 0 unspecified atom stereocenters. The molecule has 1 rings (SSSR count). The fourth-order valence-electron chi connectivity index (χ4n) is 1.70. The molecule has 5 heteroatoms. The number of amides is 1. The molecule has 0 aliphatic carbocycles. The Morgan fingerprint density at radius 3 is 2.52 bits per heavy atom. The molecule has 0 aliphatic rings. The smallest absolute Gasteiger partial charge is 0.256 e. The van der Waals surface area contributed by atoms with E-state index in [2.05, 4.69) is 11.8 Å².